The molecular weight excluding hydrogens is 1340 g/mol. The summed E-state index contributed by atoms with van der Waals surface area (Å²) in [6.45, 7) is 9.77. The average Bonchev–Trinajstić information content (AvgIpc) is 2.73. The molecule has 46 heavy (non-hydrogen) atoms. The number of likely N-dealkylation sites (N-methyl/N-ethyl adjacent to an activating group) is 3. The van der Waals surface area contributed by atoms with Crippen LogP contribution in [-0.2, 0) is 189 Å². The van der Waals surface area contributed by atoms with Crippen LogP contribution in [0, 0.1) is 18.1 Å². The second-order valence-electron chi connectivity index (χ2n) is 7.75. The summed E-state index contributed by atoms with van der Waals surface area (Å²) < 4.78 is 42.8. The summed E-state index contributed by atoms with van der Waals surface area (Å²) in [5, 5.41) is 14.3. The van der Waals surface area contributed by atoms with Crippen LogP contribution in [-0.4, -0.2) is 106 Å². The smallest absolute Gasteiger partial charge is 0.193 e. The number of carbonyl (C=O) groups is 6. The van der Waals surface area contributed by atoms with Crippen molar-refractivity contribution in [2.75, 3.05) is 33.7 Å². The Labute approximate surface area is 396 Å². The molecule has 0 saturated carbocycles. The molecule has 16 nitrogen and oxygen atoms in total. The number of amides is 4. The second-order valence-corrected chi connectivity index (χ2v) is 10.9. The van der Waals surface area contributed by atoms with Gasteiger partial charge in [-0.3, -0.25) is 19.2 Å². The number of nitrogens with one attached hydrogen (secondary N) is 1. The molecule has 0 atom stereocenters. The van der Waals surface area contributed by atoms with Gasteiger partial charge in [-0.2, -0.15) is 26.8 Å². The van der Waals surface area contributed by atoms with Crippen LogP contribution in [0.5, 0.6) is 0 Å². The Bertz CT molecular complexity index is 1030. The van der Waals surface area contributed by atoms with E-state index in [2.05, 4.69) is 4.72 Å². The minimum Gasteiger partial charge on any atom is -0.571 e. The van der Waals surface area contributed by atoms with E-state index in [9.17, 15) is 45.6 Å². The van der Waals surface area contributed by atoms with Gasteiger partial charge in [0.1, 0.15) is 0 Å². The summed E-state index contributed by atoms with van der Waals surface area (Å²) in [6, 6.07) is 0.489. The van der Waals surface area contributed by atoms with Gasteiger partial charge in [-0.25, -0.2) is 28.9 Å². The van der Waals surface area contributed by atoms with Crippen molar-refractivity contribution in [3.05, 3.63) is 28.0 Å². The third-order valence-corrected chi connectivity index (χ3v) is 4.80. The molecule has 0 spiro atoms. The van der Waals surface area contributed by atoms with Gasteiger partial charge in [-0.05, 0) is 28.1 Å². The van der Waals surface area contributed by atoms with Crippen molar-refractivity contribution in [3.63, 3.8) is 0 Å². The largest absolute Gasteiger partial charge is 0.571 e. The van der Waals surface area contributed by atoms with E-state index in [0.717, 1.165) is 22.3 Å². The maximum atomic E-state index is 11.1. The molecule has 267 valence electrons. The van der Waals surface area contributed by atoms with E-state index >= 15 is 0 Å². The zero-order chi connectivity index (χ0) is 32.6. The van der Waals surface area contributed by atoms with Crippen LogP contribution in [0.4, 0.5) is 0 Å². The minimum absolute atomic E-state index is 0. The van der Waals surface area contributed by atoms with Gasteiger partial charge in [-0.1, -0.05) is 13.3 Å². The SMILES string of the molecule is C.CC(=O)N(C)[C-](C)C(=O)O.CC(=O)N(C)[C-](C)C(=O)[N-]S(C)(=O)=O.CC(=O)[C-](C)N(C)C(C)=O.CS([NH-])(=O)=O.I.[W].[W].[Y].[Y].[Y]. The molecule has 0 fully saturated rings. The fourth-order valence-corrected chi connectivity index (χ4v) is 1.88. The van der Waals surface area contributed by atoms with E-state index in [1.807, 2.05) is 0 Å². The van der Waals surface area contributed by atoms with Crippen LogP contribution < -0.4 is 0 Å². The molecule has 0 aromatic heterocycles. The number of hydrogen-bond donors (Lipinski definition) is 1. The van der Waals surface area contributed by atoms with E-state index in [-0.39, 0.29) is 207 Å². The first-order valence-electron chi connectivity index (χ1n) is 10.5. The molecule has 0 aliphatic carbocycles. The van der Waals surface area contributed by atoms with E-state index < -0.39 is 31.9 Å². The molecule has 4 amide bonds. The number of aliphatic carboxylic acids is 1. The Morgan fingerprint density at radius 3 is 1.00 bits per heavy atom. The number of halogens is 1. The summed E-state index contributed by atoms with van der Waals surface area (Å²) in [7, 11) is -2.75. The number of carboxylic acids is 1. The molecule has 2 N–H and O–H groups in total. The molecule has 0 rings (SSSR count). The minimum atomic E-state index is -3.71. The number of hydrogen-bond acceptors (Lipinski definition) is 10. The van der Waals surface area contributed by atoms with Crippen LogP contribution in [0.3, 0.4) is 0 Å². The standard InChI is InChI=1S/C7H13N2O4S.C7H12NO2.C6H10NO3.CH4NO2S.CH4.HI.2W.3Y/c1-5(9(3)6(2)10)7(11)8-14(4,12)13;1-5(6(2)9)8(4)7(3)10;1-4(6(9)10)7(3)5(2)8;1-5(2,3)4;;;;;;;/h1-4H3,(H,8,11);1-4H3;1-3H3,(H,9,10);1H3,(H-,2,3,4);1H4;1H;;;;;/q4*-1;;;;;;;/p-1. The van der Waals surface area contributed by atoms with Crippen molar-refractivity contribution in [2.24, 2.45) is 0 Å². The molecule has 0 bridgehead atoms. The quantitative estimate of drug-likeness (QED) is 0.285. The average molecular weight is 1380 g/mol. The predicted octanol–water partition coefficient (Wildman–Crippen LogP) is 1.82. The van der Waals surface area contributed by atoms with Crippen molar-refractivity contribution in [2.45, 2.75) is 55.9 Å². The maximum absolute atomic E-state index is 11.1. The van der Waals surface area contributed by atoms with Crippen LogP contribution in [0.2, 0.25) is 0 Å². The zero-order valence-electron chi connectivity index (χ0n) is 27.1. The van der Waals surface area contributed by atoms with E-state index in [0.29, 0.717) is 6.04 Å². The number of carbonyl (C=O) groups excluding carboxylic acids is 5. The van der Waals surface area contributed by atoms with Gasteiger partial charge in [-0.15, -0.1) is 24.0 Å². The van der Waals surface area contributed by atoms with Gasteiger partial charge in [0.15, 0.2) is 23.7 Å². The number of ketones is 1. The zero-order valence-corrected chi connectivity index (χ0v) is 45.4. The first-order chi connectivity index (χ1) is 17.1. The van der Waals surface area contributed by atoms with Crippen LogP contribution in [0.25, 0.3) is 9.86 Å². The monoisotopic (exact) mass is 1380 g/mol. The van der Waals surface area contributed by atoms with Gasteiger partial charge in [0.05, 0.1) is 20.0 Å². The predicted molar refractivity (Wildman–Crippen MR) is 165 cm³/mol. The molecule has 24 heteroatoms. The van der Waals surface area contributed by atoms with Crippen molar-refractivity contribution in [3.8, 4) is 0 Å². The second kappa shape index (κ2) is 38.1. The maximum Gasteiger partial charge on any atom is 0.193 e. The molecule has 0 saturated heterocycles. The first-order valence-corrected chi connectivity index (χ1v) is 14.2. The number of sulfonamides is 2. The van der Waals surface area contributed by atoms with Crippen LogP contribution in [0.1, 0.15) is 55.9 Å². The van der Waals surface area contributed by atoms with Crippen molar-refractivity contribution >= 4 is 79.4 Å². The molecule has 0 unspecified atom stereocenters. The molecule has 0 aromatic carbocycles. The summed E-state index contributed by atoms with van der Waals surface area (Å²) in [4.78, 5) is 67.5. The number of carboxylic acid groups (broad SMARTS) is 1. The molecular formula is C22H43IN5O11S2W2Y3-5. The summed E-state index contributed by atoms with van der Waals surface area (Å²) in [6.07, 6.45) is 1.64. The number of Topliss-reactive ketones (excluding diaryl/α,β-unsaturated/α-hetero) is 1. The number of nitrogens with zero attached hydrogens (tertiary/aromatic N) is 4. The van der Waals surface area contributed by atoms with E-state index in [4.69, 9.17) is 10.2 Å². The Balaban J connectivity index is -0.0000000390. The van der Waals surface area contributed by atoms with Gasteiger partial charge >= 0.3 is 0 Å². The Kier molecular flexibility index (Phi) is 64.2. The molecule has 0 heterocycles. The summed E-state index contributed by atoms with van der Waals surface area (Å²) in [5.74, 6) is -2.83. The van der Waals surface area contributed by atoms with Gasteiger partial charge in [0.25, 0.3) is 0 Å². The Morgan fingerprint density at radius 2 is 0.870 bits per heavy atom. The van der Waals surface area contributed by atoms with Gasteiger partial charge in [0.2, 0.25) is 0 Å². The summed E-state index contributed by atoms with van der Waals surface area (Å²) in [5.41, 5.74) is 0. The first kappa shape index (κ1) is 77.4. The van der Waals surface area contributed by atoms with E-state index in [1.54, 1.807) is 14.0 Å². The van der Waals surface area contributed by atoms with Gasteiger partial charge in [0, 0.05) is 179 Å². The van der Waals surface area contributed by atoms with Crippen LogP contribution in [0.15, 0.2) is 0 Å². The summed E-state index contributed by atoms with van der Waals surface area (Å²) >= 11 is 0. The Morgan fingerprint density at radius 1 is 0.652 bits per heavy atom. The van der Waals surface area contributed by atoms with E-state index in [1.165, 1.54) is 60.5 Å². The Hall–Kier alpha value is 1.91. The third kappa shape index (κ3) is 50.3. The molecule has 3 radical (unpaired) electrons. The normalized spacial score (nSPS) is 8.28. The van der Waals surface area contributed by atoms with Crippen LogP contribution >= 0.6 is 24.0 Å². The number of rotatable bonds is 7. The topological polar surface area (TPSA) is 239 Å². The molecule has 0 aromatic rings. The molecule has 0 aliphatic rings. The third-order valence-electron chi connectivity index (χ3n) is 4.30. The fourth-order valence-electron chi connectivity index (χ4n) is 1.45. The fraction of sp³-hybridized carbons (Fsp3) is 0.591. The molecule has 0 aliphatic heterocycles. The van der Waals surface area contributed by atoms with Gasteiger partial charge < -0.3 is 39.3 Å². The van der Waals surface area contributed by atoms with Crippen molar-refractivity contribution in [1.29, 1.82) is 0 Å². The van der Waals surface area contributed by atoms with Crippen molar-refractivity contribution < 1.29 is 191 Å². The van der Waals surface area contributed by atoms with Crippen molar-refractivity contribution in [1.82, 2.24) is 14.7 Å².